The summed E-state index contributed by atoms with van der Waals surface area (Å²) in [6, 6.07) is 17.6. The molecule has 0 aliphatic carbocycles. The van der Waals surface area contributed by atoms with E-state index in [1.54, 1.807) is 0 Å². The third-order valence-electron chi connectivity index (χ3n) is 3.83. The number of para-hydroxylation sites is 2. The summed E-state index contributed by atoms with van der Waals surface area (Å²) in [5, 5.41) is 6.69. The van der Waals surface area contributed by atoms with Gasteiger partial charge >= 0.3 is 0 Å². The van der Waals surface area contributed by atoms with Crippen LogP contribution in [0.3, 0.4) is 0 Å². The Labute approximate surface area is 121 Å². The van der Waals surface area contributed by atoms with Crippen molar-refractivity contribution in [3.05, 3.63) is 66.1 Å². The number of hydrogen-bond donors (Lipinski definition) is 1. The topological polar surface area (TPSA) is 57.0 Å². The third kappa shape index (κ3) is 1.84. The first-order valence-corrected chi connectivity index (χ1v) is 6.90. The van der Waals surface area contributed by atoms with Crippen molar-refractivity contribution in [3.8, 4) is 0 Å². The number of nitrogens with zero attached hydrogens (tertiary/aromatic N) is 2. The van der Waals surface area contributed by atoms with Crippen LogP contribution in [0, 0.1) is 0 Å². The number of aromatic nitrogens is 2. The van der Waals surface area contributed by atoms with E-state index in [2.05, 4.69) is 5.10 Å². The number of benzene rings is 2. The molecule has 4 nitrogen and oxygen atoms in total. The number of hydrogen-bond acceptors (Lipinski definition) is 3. The first-order chi connectivity index (χ1) is 10.2. The van der Waals surface area contributed by atoms with Crippen LogP contribution >= 0.6 is 0 Å². The Morgan fingerprint density at radius 3 is 2.71 bits per heavy atom. The second-order valence-electron chi connectivity index (χ2n) is 5.19. The fourth-order valence-electron chi connectivity index (χ4n) is 2.76. The lowest BCUT2D eigenvalue weighted by Crippen LogP contribution is -2.12. The lowest BCUT2D eigenvalue weighted by atomic mass is 10.1. The second kappa shape index (κ2) is 4.46. The van der Waals surface area contributed by atoms with E-state index in [1.807, 2.05) is 66.3 Å². The molecule has 0 fully saturated rings. The highest BCUT2D eigenvalue weighted by Crippen LogP contribution is 2.29. The predicted molar refractivity (Wildman–Crippen MR) is 83.0 cm³/mol. The Bertz CT molecular complexity index is 902. The maximum absolute atomic E-state index is 6.39. The summed E-state index contributed by atoms with van der Waals surface area (Å²) in [7, 11) is 1.93. The van der Waals surface area contributed by atoms with E-state index in [1.165, 1.54) is 0 Å². The highest BCUT2D eigenvalue weighted by atomic mass is 16.3. The molecule has 2 aromatic carbocycles. The Hall–Kier alpha value is -2.59. The Kier molecular flexibility index (Phi) is 2.59. The molecule has 2 aromatic heterocycles. The second-order valence-corrected chi connectivity index (χ2v) is 5.19. The van der Waals surface area contributed by atoms with Crippen LogP contribution in [0.1, 0.15) is 17.5 Å². The van der Waals surface area contributed by atoms with Gasteiger partial charge in [-0.3, -0.25) is 4.68 Å². The molecule has 0 radical (unpaired) electrons. The third-order valence-corrected chi connectivity index (χ3v) is 3.83. The van der Waals surface area contributed by atoms with E-state index in [4.69, 9.17) is 10.2 Å². The summed E-state index contributed by atoms with van der Waals surface area (Å²) in [6.45, 7) is 0. The molecule has 2 heterocycles. The first-order valence-electron chi connectivity index (χ1n) is 6.90. The van der Waals surface area contributed by atoms with Crippen molar-refractivity contribution in [2.75, 3.05) is 0 Å². The van der Waals surface area contributed by atoms with Crippen molar-refractivity contribution in [2.45, 2.75) is 6.04 Å². The van der Waals surface area contributed by atoms with Crippen molar-refractivity contribution >= 4 is 21.9 Å². The first kappa shape index (κ1) is 12.2. The van der Waals surface area contributed by atoms with Crippen LogP contribution in [-0.2, 0) is 7.05 Å². The molecule has 4 heteroatoms. The summed E-state index contributed by atoms with van der Waals surface area (Å²) in [4.78, 5) is 0. The zero-order valence-corrected chi connectivity index (χ0v) is 11.7. The van der Waals surface area contributed by atoms with Crippen LogP contribution in [0.5, 0.6) is 0 Å². The highest BCUT2D eigenvalue weighted by molar-refractivity contribution is 5.83. The molecule has 0 bridgehead atoms. The van der Waals surface area contributed by atoms with Crippen molar-refractivity contribution < 1.29 is 4.42 Å². The molecule has 4 rings (SSSR count). The van der Waals surface area contributed by atoms with Crippen molar-refractivity contribution in [1.82, 2.24) is 9.78 Å². The van der Waals surface area contributed by atoms with Gasteiger partial charge in [-0.05, 0) is 18.2 Å². The minimum atomic E-state index is -0.372. The monoisotopic (exact) mass is 277 g/mol. The van der Waals surface area contributed by atoms with E-state index in [9.17, 15) is 0 Å². The molecule has 0 spiro atoms. The largest absolute Gasteiger partial charge is 0.459 e. The smallest absolute Gasteiger partial charge is 0.134 e. The molecular formula is C17H15N3O. The molecule has 21 heavy (non-hydrogen) atoms. The van der Waals surface area contributed by atoms with Gasteiger partial charge in [-0.25, -0.2) is 0 Å². The average molecular weight is 277 g/mol. The lowest BCUT2D eigenvalue weighted by molar-refractivity contribution is 0.519. The average Bonchev–Trinajstić information content (AvgIpc) is 3.09. The van der Waals surface area contributed by atoms with Gasteiger partial charge in [0.05, 0.1) is 11.2 Å². The minimum Gasteiger partial charge on any atom is -0.459 e. The van der Waals surface area contributed by atoms with Gasteiger partial charge in [0, 0.05) is 17.8 Å². The number of fused-ring (bicyclic) bond motifs is 2. The van der Waals surface area contributed by atoms with Gasteiger partial charge in [0.2, 0.25) is 0 Å². The quantitative estimate of drug-likeness (QED) is 0.611. The van der Waals surface area contributed by atoms with Crippen LogP contribution < -0.4 is 5.73 Å². The van der Waals surface area contributed by atoms with Crippen molar-refractivity contribution in [3.63, 3.8) is 0 Å². The molecule has 1 unspecified atom stereocenters. The van der Waals surface area contributed by atoms with E-state index in [0.29, 0.717) is 0 Å². The predicted octanol–water partition coefficient (Wildman–Crippen LogP) is 3.37. The van der Waals surface area contributed by atoms with Crippen LogP contribution in [0.25, 0.3) is 21.9 Å². The Morgan fingerprint density at radius 1 is 1.10 bits per heavy atom. The molecule has 0 saturated heterocycles. The van der Waals surface area contributed by atoms with Crippen LogP contribution in [0.4, 0.5) is 0 Å². The van der Waals surface area contributed by atoms with Gasteiger partial charge in [0.25, 0.3) is 0 Å². The van der Waals surface area contributed by atoms with Gasteiger partial charge in [-0.15, -0.1) is 0 Å². The van der Waals surface area contributed by atoms with Crippen molar-refractivity contribution in [2.24, 2.45) is 12.8 Å². The van der Waals surface area contributed by atoms with E-state index < -0.39 is 0 Å². The van der Waals surface area contributed by atoms with Gasteiger partial charge in [0.1, 0.15) is 17.4 Å². The summed E-state index contributed by atoms with van der Waals surface area (Å²) < 4.78 is 7.72. The zero-order valence-electron chi connectivity index (χ0n) is 11.7. The van der Waals surface area contributed by atoms with Crippen molar-refractivity contribution in [1.29, 1.82) is 0 Å². The minimum absolute atomic E-state index is 0.372. The number of furan rings is 1. The zero-order chi connectivity index (χ0) is 14.4. The molecule has 0 aliphatic rings. The molecule has 0 aliphatic heterocycles. The molecule has 104 valence electrons. The van der Waals surface area contributed by atoms with E-state index >= 15 is 0 Å². The highest BCUT2D eigenvalue weighted by Gasteiger charge is 2.20. The Balaban J connectivity index is 1.87. The molecule has 1 atom stereocenters. The number of nitrogens with two attached hydrogens (primary N) is 1. The standard InChI is InChI=1S/C17H15N3O/c1-20-13-8-4-3-7-12(13)17(19-20)16(18)15-10-11-6-2-5-9-14(11)21-15/h2-10,16H,18H2,1H3. The lowest BCUT2D eigenvalue weighted by Gasteiger charge is -2.05. The van der Waals surface area contributed by atoms with Gasteiger partial charge in [-0.2, -0.15) is 5.10 Å². The van der Waals surface area contributed by atoms with Gasteiger partial charge < -0.3 is 10.2 Å². The van der Waals surface area contributed by atoms with Gasteiger partial charge in [0.15, 0.2) is 0 Å². The van der Waals surface area contributed by atoms with Crippen LogP contribution in [0.15, 0.2) is 59.0 Å². The Morgan fingerprint density at radius 2 is 1.86 bits per heavy atom. The SMILES string of the molecule is Cn1nc(C(N)c2cc3ccccc3o2)c2ccccc21. The van der Waals surface area contributed by atoms with E-state index in [-0.39, 0.29) is 6.04 Å². The summed E-state index contributed by atoms with van der Waals surface area (Å²) in [5.41, 5.74) is 9.15. The maximum Gasteiger partial charge on any atom is 0.134 e. The fraction of sp³-hybridized carbons (Fsp3) is 0.118. The summed E-state index contributed by atoms with van der Waals surface area (Å²) in [6.07, 6.45) is 0. The molecule has 2 N–H and O–H groups in total. The van der Waals surface area contributed by atoms with E-state index in [0.717, 1.165) is 33.3 Å². The molecule has 0 saturated carbocycles. The van der Waals surface area contributed by atoms with Crippen LogP contribution in [-0.4, -0.2) is 9.78 Å². The number of aryl methyl sites for hydroxylation is 1. The normalized spacial score (nSPS) is 13.0. The van der Waals surface area contributed by atoms with Gasteiger partial charge in [-0.1, -0.05) is 36.4 Å². The summed E-state index contributed by atoms with van der Waals surface area (Å²) >= 11 is 0. The number of rotatable bonds is 2. The van der Waals surface area contributed by atoms with Crippen LogP contribution in [0.2, 0.25) is 0 Å². The maximum atomic E-state index is 6.39. The summed E-state index contributed by atoms with van der Waals surface area (Å²) in [5.74, 6) is 0.736. The molecule has 0 amide bonds. The molecular weight excluding hydrogens is 262 g/mol. The fourth-order valence-corrected chi connectivity index (χ4v) is 2.76. The molecule has 4 aromatic rings.